The lowest BCUT2D eigenvalue weighted by atomic mass is 10.2. The van der Waals surface area contributed by atoms with Crippen molar-refractivity contribution in [3.63, 3.8) is 0 Å². The molecule has 4 nitrogen and oxygen atoms in total. The van der Waals surface area contributed by atoms with Gasteiger partial charge in [-0.15, -0.1) is 11.8 Å². The average molecular weight is 285 g/mol. The van der Waals surface area contributed by atoms with Gasteiger partial charge in [-0.05, 0) is 19.3 Å². The first-order chi connectivity index (χ1) is 9.10. The topological polar surface area (TPSA) is 54.5 Å². The molecule has 2 amide bonds. The van der Waals surface area contributed by atoms with E-state index in [2.05, 4.69) is 13.8 Å². The van der Waals surface area contributed by atoms with Crippen molar-refractivity contribution in [2.24, 2.45) is 0 Å². The summed E-state index contributed by atoms with van der Waals surface area (Å²) in [6, 6.07) is 0. The van der Waals surface area contributed by atoms with Gasteiger partial charge >= 0.3 is 0 Å². The molecule has 0 saturated carbocycles. The Kier molecular flexibility index (Phi) is 7.13. The Labute approximate surface area is 119 Å². The number of amides is 2. The van der Waals surface area contributed by atoms with E-state index in [1.54, 1.807) is 11.8 Å². The Hall–Kier alpha value is -0.840. The first-order valence-electron chi connectivity index (χ1n) is 7.03. The molecule has 1 aliphatic heterocycles. The Morgan fingerprint density at radius 1 is 1.37 bits per heavy atom. The first kappa shape index (κ1) is 16.2. The predicted molar refractivity (Wildman–Crippen MR) is 77.0 cm³/mol. The van der Waals surface area contributed by atoms with E-state index in [0.717, 1.165) is 32.0 Å². The predicted octanol–water partition coefficient (Wildman–Crippen LogP) is 2.40. The normalized spacial score (nSPS) is 20.9. The summed E-state index contributed by atoms with van der Waals surface area (Å²) < 4.78 is 0. The number of hydrogen-bond donors (Lipinski definition) is 0. The first-order valence-corrected chi connectivity index (χ1v) is 7.97. The minimum atomic E-state index is -0.183. The largest absolute Gasteiger partial charge is 0.303 e. The van der Waals surface area contributed by atoms with E-state index in [0.29, 0.717) is 24.6 Å². The maximum absolute atomic E-state index is 12.1. The molecular formula is C14H23NO3S. The van der Waals surface area contributed by atoms with Crippen LogP contribution in [-0.4, -0.2) is 40.0 Å². The number of carbonyl (C=O) groups excluding carboxylic acids is 3. The molecule has 5 heteroatoms. The molecule has 0 bridgehead atoms. The van der Waals surface area contributed by atoms with Crippen LogP contribution in [-0.2, 0) is 14.4 Å². The molecule has 0 aromatic carbocycles. The maximum atomic E-state index is 12.1. The third-order valence-corrected chi connectivity index (χ3v) is 4.87. The van der Waals surface area contributed by atoms with Crippen LogP contribution in [0.1, 0.15) is 52.4 Å². The second-order valence-electron chi connectivity index (χ2n) is 4.95. The summed E-state index contributed by atoms with van der Waals surface area (Å²) in [4.78, 5) is 35.5. The van der Waals surface area contributed by atoms with E-state index >= 15 is 0 Å². The summed E-state index contributed by atoms with van der Waals surface area (Å²) in [7, 11) is 0. The summed E-state index contributed by atoms with van der Waals surface area (Å²) in [5.74, 6) is -0.0631. The van der Waals surface area contributed by atoms with Crippen LogP contribution >= 0.6 is 11.8 Å². The van der Waals surface area contributed by atoms with E-state index in [9.17, 15) is 14.4 Å². The molecular weight excluding hydrogens is 262 g/mol. The molecule has 1 rings (SSSR count). The zero-order valence-corrected chi connectivity index (χ0v) is 12.6. The third kappa shape index (κ3) is 4.97. The molecule has 0 spiro atoms. The molecule has 0 aromatic heterocycles. The Morgan fingerprint density at radius 2 is 2.11 bits per heavy atom. The van der Waals surface area contributed by atoms with Gasteiger partial charge in [0, 0.05) is 24.6 Å². The van der Waals surface area contributed by atoms with Crippen LogP contribution in [0.5, 0.6) is 0 Å². The highest BCUT2D eigenvalue weighted by Crippen LogP contribution is 2.29. The third-order valence-electron chi connectivity index (χ3n) is 3.38. The van der Waals surface area contributed by atoms with E-state index in [4.69, 9.17) is 0 Å². The van der Waals surface area contributed by atoms with E-state index < -0.39 is 0 Å². The SMILES string of the molecule is CCC(C)SC1CC(=O)N(CCCCCC=O)C1=O. The van der Waals surface area contributed by atoms with Crippen LogP contribution in [0.3, 0.4) is 0 Å². The monoisotopic (exact) mass is 285 g/mol. The Balaban J connectivity index is 2.36. The van der Waals surface area contributed by atoms with Gasteiger partial charge in [-0.1, -0.05) is 20.3 Å². The zero-order valence-electron chi connectivity index (χ0n) is 11.8. The molecule has 1 aliphatic rings. The maximum Gasteiger partial charge on any atom is 0.242 e. The molecule has 108 valence electrons. The number of carbonyl (C=O) groups is 3. The van der Waals surface area contributed by atoms with Crippen LogP contribution in [0.4, 0.5) is 0 Å². The molecule has 0 N–H and O–H groups in total. The number of imide groups is 1. The summed E-state index contributed by atoms with van der Waals surface area (Å²) in [5.41, 5.74) is 0. The fourth-order valence-corrected chi connectivity index (χ4v) is 3.28. The number of aldehydes is 1. The second kappa shape index (κ2) is 8.35. The van der Waals surface area contributed by atoms with Crippen LogP contribution in [0.25, 0.3) is 0 Å². The second-order valence-corrected chi connectivity index (χ2v) is 6.59. The molecule has 19 heavy (non-hydrogen) atoms. The van der Waals surface area contributed by atoms with Gasteiger partial charge in [0.05, 0.1) is 5.25 Å². The van der Waals surface area contributed by atoms with Crippen molar-refractivity contribution in [3.8, 4) is 0 Å². The van der Waals surface area contributed by atoms with Crippen molar-refractivity contribution < 1.29 is 14.4 Å². The molecule has 0 radical (unpaired) electrons. The van der Waals surface area contributed by atoms with E-state index in [1.165, 1.54) is 4.90 Å². The van der Waals surface area contributed by atoms with Crippen LogP contribution < -0.4 is 0 Å². The van der Waals surface area contributed by atoms with Gasteiger partial charge in [0.1, 0.15) is 6.29 Å². The van der Waals surface area contributed by atoms with Crippen LogP contribution in [0, 0.1) is 0 Å². The number of unbranched alkanes of at least 4 members (excludes halogenated alkanes) is 3. The summed E-state index contributed by atoms with van der Waals surface area (Å²) in [5, 5.41) is 0.228. The van der Waals surface area contributed by atoms with Crippen molar-refractivity contribution in [3.05, 3.63) is 0 Å². The van der Waals surface area contributed by atoms with Gasteiger partial charge in [-0.3, -0.25) is 14.5 Å². The van der Waals surface area contributed by atoms with Gasteiger partial charge < -0.3 is 4.79 Å². The van der Waals surface area contributed by atoms with E-state index in [1.807, 2.05) is 0 Å². The van der Waals surface area contributed by atoms with Crippen LogP contribution in [0.15, 0.2) is 0 Å². The van der Waals surface area contributed by atoms with Crippen molar-refractivity contribution >= 4 is 29.9 Å². The minimum absolute atomic E-state index is 0.0225. The van der Waals surface area contributed by atoms with Crippen LogP contribution in [0.2, 0.25) is 0 Å². The highest BCUT2D eigenvalue weighted by molar-refractivity contribution is 8.01. The fraction of sp³-hybridized carbons (Fsp3) is 0.786. The molecule has 1 saturated heterocycles. The zero-order chi connectivity index (χ0) is 14.3. The van der Waals surface area contributed by atoms with Crippen molar-refractivity contribution in [1.29, 1.82) is 0 Å². The van der Waals surface area contributed by atoms with Crippen molar-refractivity contribution in [1.82, 2.24) is 4.90 Å². The summed E-state index contributed by atoms with van der Waals surface area (Å²) in [6.07, 6.45) is 5.35. The highest BCUT2D eigenvalue weighted by atomic mass is 32.2. The quantitative estimate of drug-likeness (QED) is 0.371. The summed E-state index contributed by atoms with van der Waals surface area (Å²) in [6.45, 7) is 4.68. The fourth-order valence-electron chi connectivity index (χ4n) is 2.05. The molecule has 2 unspecified atom stereocenters. The smallest absolute Gasteiger partial charge is 0.242 e. The van der Waals surface area contributed by atoms with Gasteiger partial charge in [0.2, 0.25) is 11.8 Å². The van der Waals surface area contributed by atoms with Gasteiger partial charge in [0.15, 0.2) is 0 Å². The van der Waals surface area contributed by atoms with Crippen molar-refractivity contribution in [2.75, 3.05) is 6.54 Å². The molecule has 1 heterocycles. The van der Waals surface area contributed by atoms with Gasteiger partial charge in [0.25, 0.3) is 0 Å². The Bertz CT molecular complexity index is 333. The molecule has 0 aliphatic carbocycles. The number of likely N-dealkylation sites (tertiary alicyclic amines) is 1. The lowest BCUT2D eigenvalue weighted by molar-refractivity contribution is -0.138. The van der Waals surface area contributed by atoms with Gasteiger partial charge in [-0.25, -0.2) is 0 Å². The number of rotatable bonds is 9. The number of hydrogen-bond acceptors (Lipinski definition) is 4. The highest BCUT2D eigenvalue weighted by Gasteiger charge is 2.38. The standard InChI is InChI=1S/C14H23NO3S/c1-3-11(2)19-12-10-13(17)15(14(12)18)8-6-4-5-7-9-16/h9,11-12H,3-8,10H2,1-2H3. The lowest BCUT2D eigenvalue weighted by Crippen LogP contribution is -2.32. The van der Waals surface area contributed by atoms with E-state index in [-0.39, 0.29) is 17.1 Å². The number of thioether (sulfide) groups is 1. The number of nitrogens with zero attached hydrogens (tertiary/aromatic N) is 1. The van der Waals surface area contributed by atoms with Crippen molar-refractivity contribution in [2.45, 2.75) is 62.9 Å². The average Bonchev–Trinajstić information content (AvgIpc) is 2.65. The Morgan fingerprint density at radius 3 is 2.74 bits per heavy atom. The molecule has 2 atom stereocenters. The van der Waals surface area contributed by atoms with Gasteiger partial charge in [-0.2, -0.15) is 0 Å². The minimum Gasteiger partial charge on any atom is -0.303 e. The molecule has 1 fully saturated rings. The molecule has 0 aromatic rings. The lowest BCUT2D eigenvalue weighted by Gasteiger charge is -2.16. The summed E-state index contributed by atoms with van der Waals surface area (Å²) >= 11 is 1.61.